The maximum atomic E-state index is 12.1. The van der Waals surface area contributed by atoms with Gasteiger partial charge in [-0.15, -0.1) is 0 Å². The molecular weight excluding hydrogens is 544 g/mol. The second kappa shape index (κ2) is 28.6. The lowest BCUT2D eigenvalue weighted by Crippen LogP contribution is -2.45. The molecule has 10 heteroatoms. The van der Waals surface area contributed by atoms with Crippen molar-refractivity contribution in [1.82, 2.24) is 0 Å². The zero-order valence-corrected chi connectivity index (χ0v) is 26.1. The number of hydrogen-bond acceptors (Lipinski definition) is 10. The number of carbonyl (C=O) groups excluding carboxylic acids is 1. The fourth-order valence-electron chi connectivity index (χ4n) is 4.93. The highest BCUT2D eigenvalue weighted by atomic mass is 16.6. The molecule has 0 radical (unpaired) electrons. The molecule has 1 aliphatic rings. The number of hydrogen-bond donors (Lipinski definition) is 3. The average molecular weight is 605 g/mol. The molecule has 0 unspecified atom stereocenters. The van der Waals surface area contributed by atoms with E-state index in [2.05, 4.69) is 19.1 Å². The molecule has 1 heterocycles. The Morgan fingerprint density at radius 2 is 1.40 bits per heavy atom. The topological polar surface area (TPSA) is 133 Å². The van der Waals surface area contributed by atoms with Gasteiger partial charge in [0.2, 0.25) is 0 Å². The van der Waals surface area contributed by atoms with Crippen LogP contribution in [0.1, 0.15) is 96.8 Å². The SMILES string of the molecule is CCCCCCCC/C=C\CCCCCCCC(=O)OCCOC[C@H](OCCO)[C@H]1OC[C@@H](OCCO)[C@H]1OCCO. The minimum atomic E-state index is -0.560. The molecule has 1 fully saturated rings. The van der Waals surface area contributed by atoms with E-state index in [1.165, 1.54) is 57.8 Å². The molecular formula is C32H60O10. The summed E-state index contributed by atoms with van der Waals surface area (Å²) in [6, 6.07) is 0. The summed E-state index contributed by atoms with van der Waals surface area (Å²) in [7, 11) is 0. The quantitative estimate of drug-likeness (QED) is 0.0625. The molecule has 1 rings (SSSR count). The summed E-state index contributed by atoms with van der Waals surface area (Å²) in [6.07, 6.45) is 18.8. The van der Waals surface area contributed by atoms with Crippen molar-refractivity contribution in [3.05, 3.63) is 12.2 Å². The summed E-state index contributed by atoms with van der Waals surface area (Å²) in [4.78, 5) is 12.1. The number of carbonyl (C=O) groups is 1. The molecule has 0 saturated carbocycles. The van der Waals surface area contributed by atoms with Gasteiger partial charge in [-0.2, -0.15) is 0 Å². The van der Waals surface area contributed by atoms with Gasteiger partial charge in [-0.05, 0) is 32.1 Å². The maximum Gasteiger partial charge on any atom is 0.305 e. The number of esters is 1. The van der Waals surface area contributed by atoms with E-state index in [1.54, 1.807) is 0 Å². The highest BCUT2D eigenvalue weighted by Gasteiger charge is 2.44. The lowest BCUT2D eigenvalue weighted by atomic mass is 10.1. The van der Waals surface area contributed by atoms with Crippen molar-refractivity contribution in [2.24, 2.45) is 0 Å². The summed E-state index contributed by atoms with van der Waals surface area (Å²) < 4.78 is 34.0. The monoisotopic (exact) mass is 604 g/mol. The Hall–Kier alpha value is -1.11. The van der Waals surface area contributed by atoms with Gasteiger partial charge in [0, 0.05) is 6.42 Å². The van der Waals surface area contributed by atoms with E-state index in [0.717, 1.165) is 25.7 Å². The first-order valence-electron chi connectivity index (χ1n) is 16.3. The molecule has 4 atom stereocenters. The minimum absolute atomic E-state index is 0.0910. The van der Waals surface area contributed by atoms with Crippen LogP contribution in [0.2, 0.25) is 0 Å². The van der Waals surface area contributed by atoms with Crippen LogP contribution in [0.25, 0.3) is 0 Å². The Balaban J connectivity index is 2.13. The van der Waals surface area contributed by atoms with E-state index < -0.39 is 24.4 Å². The number of unbranched alkanes of at least 4 members (excludes halogenated alkanes) is 11. The van der Waals surface area contributed by atoms with E-state index in [9.17, 15) is 15.0 Å². The van der Waals surface area contributed by atoms with Crippen molar-refractivity contribution in [1.29, 1.82) is 0 Å². The zero-order chi connectivity index (χ0) is 30.5. The Labute approximate surface area is 254 Å². The number of rotatable bonds is 30. The molecule has 0 aliphatic carbocycles. The summed E-state index contributed by atoms with van der Waals surface area (Å²) in [6.45, 7) is 2.87. The van der Waals surface area contributed by atoms with Crippen LogP contribution in [0.15, 0.2) is 12.2 Å². The second-order valence-corrected chi connectivity index (χ2v) is 10.8. The van der Waals surface area contributed by atoms with Gasteiger partial charge in [0.25, 0.3) is 0 Å². The minimum Gasteiger partial charge on any atom is -0.463 e. The van der Waals surface area contributed by atoms with Crippen LogP contribution in [-0.2, 0) is 33.2 Å². The number of ether oxygens (including phenoxy) is 6. The largest absolute Gasteiger partial charge is 0.463 e. The molecule has 0 bridgehead atoms. The van der Waals surface area contributed by atoms with Crippen molar-refractivity contribution < 1.29 is 48.5 Å². The number of allylic oxidation sites excluding steroid dienone is 2. The van der Waals surface area contributed by atoms with Crippen molar-refractivity contribution in [2.45, 2.75) is 121 Å². The fourth-order valence-corrected chi connectivity index (χ4v) is 4.93. The van der Waals surface area contributed by atoms with Gasteiger partial charge in [0.05, 0.1) is 59.5 Å². The molecule has 0 aromatic carbocycles. The molecule has 0 aromatic rings. The van der Waals surface area contributed by atoms with Crippen LogP contribution < -0.4 is 0 Å². The maximum absolute atomic E-state index is 12.1. The van der Waals surface area contributed by atoms with E-state index in [0.29, 0.717) is 6.42 Å². The van der Waals surface area contributed by atoms with E-state index >= 15 is 0 Å². The predicted octanol–water partition coefficient (Wildman–Crippen LogP) is 4.12. The van der Waals surface area contributed by atoms with Gasteiger partial charge in [-0.1, -0.05) is 70.4 Å². The van der Waals surface area contributed by atoms with Crippen molar-refractivity contribution in [2.75, 3.05) is 66.1 Å². The molecule has 248 valence electrons. The predicted molar refractivity (Wildman–Crippen MR) is 161 cm³/mol. The number of aliphatic hydroxyl groups is 3. The van der Waals surface area contributed by atoms with Gasteiger partial charge in [-0.3, -0.25) is 4.79 Å². The average Bonchev–Trinajstić information content (AvgIpc) is 3.40. The van der Waals surface area contributed by atoms with E-state index in [4.69, 9.17) is 33.5 Å². The van der Waals surface area contributed by atoms with Crippen LogP contribution in [0, 0.1) is 0 Å². The first-order valence-corrected chi connectivity index (χ1v) is 16.3. The Morgan fingerprint density at radius 3 is 2.07 bits per heavy atom. The van der Waals surface area contributed by atoms with Crippen molar-refractivity contribution in [3.63, 3.8) is 0 Å². The molecule has 0 amide bonds. The Bertz CT molecular complexity index is 632. The van der Waals surface area contributed by atoms with Crippen molar-refractivity contribution >= 4 is 5.97 Å². The van der Waals surface area contributed by atoms with Crippen molar-refractivity contribution in [3.8, 4) is 0 Å². The third kappa shape index (κ3) is 20.0. The first-order chi connectivity index (χ1) is 20.7. The highest BCUT2D eigenvalue weighted by molar-refractivity contribution is 5.69. The molecule has 0 aromatic heterocycles. The summed E-state index contributed by atoms with van der Waals surface area (Å²) in [5.41, 5.74) is 0. The van der Waals surface area contributed by atoms with Gasteiger partial charge in [0.15, 0.2) is 0 Å². The second-order valence-electron chi connectivity index (χ2n) is 10.8. The summed E-state index contributed by atoms with van der Waals surface area (Å²) in [5, 5.41) is 27.5. The first kappa shape index (κ1) is 38.9. The lowest BCUT2D eigenvalue weighted by Gasteiger charge is -2.29. The van der Waals surface area contributed by atoms with Crippen LogP contribution in [0.5, 0.6) is 0 Å². The molecule has 0 spiro atoms. The van der Waals surface area contributed by atoms with Gasteiger partial charge >= 0.3 is 5.97 Å². The molecule has 42 heavy (non-hydrogen) atoms. The molecule has 1 saturated heterocycles. The van der Waals surface area contributed by atoms with Crippen LogP contribution in [0.4, 0.5) is 0 Å². The van der Waals surface area contributed by atoms with Gasteiger partial charge in [-0.25, -0.2) is 0 Å². The Morgan fingerprint density at radius 1 is 0.786 bits per heavy atom. The zero-order valence-electron chi connectivity index (χ0n) is 26.1. The Kier molecular flexibility index (Phi) is 26.5. The molecule has 3 N–H and O–H groups in total. The van der Waals surface area contributed by atoms with Gasteiger partial charge in [0.1, 0.15) is 31.0 Å². The fraction of sp³-hybridized carbons (Fsp3) is 0.906. The van der Waals surface area contributed by atoms with Crippen LogP contribution in [0.3, 0.4) is 0 Å². The smallest absolute Gasteiger partial charge is 0.305 e. The summed E-state index contributed by atoms with van der Waals surface area (Å²) >= 11 is 0. The normalized spacial score (nSPS) is 19.6. The standard InChI is InChI=1S/C32H60O10/c1-2-3-4-5-6-7-8-9-10-11-12-13-14-15-16-17-30(36)40-25-24-37-26-28(38-21-18-33)32-31(41-23-20-35)29(27-42-32)39-22-19-34/h9-10,28-29,31-35H,2-8,11-27H2,1H3/b10-9-/t28-,29+,31+,32+/m0/s1. The molecule has 10 nitrogen and oxygen atoms in total. The lowest BCUT2D eigenvalue weighted by molar-refractivity contribution is -0.149. The third-order valence-electron chi connectivity index (χ3n) is 7.17. The van der Waals surface area contributed by atoms with E-state index in [-0.39, 0.29) is 72.0 Å². The number of aliphatic hydroxyl groups excluding tert-OH is 3. The highest BCUT2D eigenvalue weighted by Crippen LogP contribution is 2.25. The summed E-state index contributed by atoms with van der Waals surface area (Å²) in [5.74, 6) is -0.218. The van der Waals surface area contributed by atoms with E-state index in [1.807, 2.05) is 0 Å². The van der Waals surface area contributed by atoms with Gasteiger partial charge < -0.3 is 43.7 Å². The molecule has 1 aliphatic heterocycles. The third-order valence-corrected chi connectivity index (χ3v) is 7.17. The van der Waals surface area contributed by atoms with Crippen LogP contribution >= 0.6 is 0 Å². The van der Waals surface area contributed by atoms with Crippen LogP contribution in [-0.4, -0.2) is 112 Å².